The molecule has 1 saturated heterocycles. The van der Waals surface area contributed by atoms with Crippen molar-refractivity contribution in [2.24, 2.45) is 5.92 Å². The van der Waals surface area contributed by atoms with Crippen LogP contribution < -0.4 is 5.32 Å². The minimum absolute atomic E-state index is 0.167. The molecule has 1 aliphatic heterocycles. The fourth-order valence-electron chi connectivity index (χ4n) is 2.19. The Hall–Kier alpha value is -0.810. The van der Waals surface area contributed by atoms with Gasteiger partial charge in [0.25, 0.3) is 0 Å². The lowest BCUT2D eigenvalue weighted by molar-refractivity contribution is -0.139. The highest BCUT2D eigenvalue weighted by Gasteiger charge is 2.43. The van der Waals surface area contributed by atoms with Gasteiger partial charge in [0.1, 0.15) is 0 Å². The smallest absolute Gasteiger partial charge is 0.238 e. The maximum Gasteiger partial charge on any atom is 0.238 e. The van der Waals surface area contributed by atoms with E-state index in [9.17, 15) is 9.90 Å². The highest BCUT2D eigenvalue weighted by Crippen LogP contribution is 2.29. The molecule has 1 fully saturated rings. The van der Waals surface area contributed by atoms with Gasteiger partial charge in [0.2, 0.25) is 5.91 Å². The van der Waals surface area contributed by atoms with Gasteiger partial charge in [-0.2, -0.15) is 0 Å². The number of aliphatic hydroxyl groups is 1. The maximum absolute atomic E-state index is 11.9. The molecular formula is C14H18Cl2N2O2. The van der Waals surface area contributed by atoms with E-state index in [1.54, 1.807) is 18.2 Å². The van der Waals surface area contributed by atoms with Gasteiger partial charge in [0.15, 0.2) is 0 Å². The molecule has 2 N–H and O–H groups in total. The second kappa shape index (κ2) is 5.90. The van der Waals surface area contributed by atoms with Crippen LogP contribution in [0.1, 0.15) is 13.8 Å². The van der Waals surface area contributed by atoms with E-state index in [1.165, 1.54) is 0 Å². The van der Waals surface area contributed by atoms with Crippen molar-refractivity contribution in [2.45, 2.75) is 19.4 Å². The third-order valence-electron chi connectivity index (χ3n) is 3.64. The van der Waals surface area contributed by atoms with Crippen molar-refractivity contribution in [3.05, 3.63) is 28.2 Å². The van der Waals surface area contributed by atoms with Crippen molar-refractivity contribution >= 4 is 34.8 Å². The largest absolute Gasteiger partial charge is 0.387 e. The number of hydrogen-bond donors (Lipinski definition) is 2. The van der Waals surface area contributed by atoms with Crippen LogP contribution >= 0.6 is 23.2 Å². The Balaban J connectivity index is 1.87. The van der Waals surface area contributed by atoms with Crippen molar-refractivity contribution in [1.82, 2.24) is 4.90 Å². The van der Waals surface area contributed by atoms with Crippen LogP contribution in [0, 0.1) is 5.92 Å². The lowest BCUT2D eigenvalue weighted by Crippen LogP contribution is -2.65. The van der Waals surface area contributed by atoms with Gasteiger partial charge in [0.05, 0.1) is 22.9 Å². The molecule has 2 rings (SSSR count). The molecule has 20 heavy (non-hydrogen) atoms. The number of anilines is 1. The van der Waals surface area contributed by atoms with Gasteiger partial charge in [-0.05, 0) is 24.1 Å². The topological polar surface area (TPSA) is 52.6 Å². The summed E-state index contributed by atoms with van der Waals surface area (Å²) in [6.45, 7) is 5.22. The Morgan fingerprint density at radius 1 is 1.45 bits per heavy atom. The molecule has 1 aromatic carbocycles. The lowest BCUT2D eigenvalue weighted by atomic mass is 9.83. The van der Waals surface area contributed by atoms with E-state index in [2.05, 4.69) is 5.32 Å². The molecule has 1 amide bonds. The van der Waals surface area contributed by atoms with Crippen molar-refractivity contribution in [3.63, 3.8) is 0 Å². The first-order valence-electron chi connectivity index (χ1n) is 6.50. The number of halogens is 2. The average Bonchev–Trinajstić information content (AvgIpc) is 2.31. The van der Waals surface area contributed by atoms with Crippen LogP contribution in [0.25, 0.3) is 0 Å². The van der Waals surface area contributed by atoms with Crippen LogP contribution in [0.5, 0.6) is 0 Å². The van der Waals surface area contributed by atoms with Crippen molar-refractivity contribution in [3.8, 4) is 0 Å². The Labute approximate surface area is 128 Å². The third-order valence-corrected chi connectivity index (χ3v) is 4.20. The summed E-state index contributed by atoms with van der Waals surface area (Å²) in [5.74, 6) is 0.0177. The molecule has 0 saturated carbocycles. The van der Waals surface area contributed by atoms with E-state index in [0.29, 0.717) is 28.8 Å². The van der Waals surface area contributed by atoms with Crippen molar-refractivity contribution in [1.29, 1.82) is 0 Å². The van der Waals surface area contributed by atoms with Gasteiger partial charge in [-0.1, -0.05) is 37.0 Å². The minimum atomic E-state index is -0.673. The van der Waals surface area contributed by atoms with Crippen LogP contribution in [0.4, 0.5) is 5.69 Å². The molecule has 1 heterocycles. The van der Waals surface area contributed by atoms with Gasteiger partial charge < -0.3 is 10.4 Å². The number of β-amino-alcohol motifs (C(OH)–C–C–N with tert-alkyl or cyclic N) is 1. The summed E-state index contributed by atoms with van der Waals surface area (Å²) in [5, 5.41) is 13.8. The Bertz CT molecular complexity index is 514. The minimum Gasteiger partial charge on any atom is -0.387 e. The van der Waals surface area contributed by atoms with Crippen LogP contribution in [-0.4, -0.2) is 41.1 Å². The quantitative estimate of drug-likeness (QED) is 0.897. The first-order chi connectivity index (χ1) is 9.30. The predicted octanol–water partition coefficient (Wildman–Crippen LogP) is 2.63. The number of amides is 1. The monoisotopic (exact) mass is 316 g/mol. The van der Waals surface area contributed by atoms with E-state index in [-0.39, 0.29) is 18.4 Å². The highest BCUT2D eigenvalue weighted by atomic mass is 35.5. The number of likely N-dealkylation sites (tertiary alicyclic amines) is 1. The van der Waals surface area contributed by atoms with E-state index in [1.807, 2.05) is 18.7 Å². The normalized spacial score (nSPS) is 17.9. The summed E-state index contributed by atoms with van der Waals surface area (Å²) in [4.78, 5) is 13.8. The number of nitrogens with zero attached hydrogens (tertiary/aromatic N) is 1. The molecule has 0 spiro atoms. The zero-order valence-electron chi connectivity index (χ0n) is 11.5. The molecule has 1 aromatic rings. The van der Waals surface area contributed by atoms with Gasteiger partial charge >= 0.3 is 0 Å². The lowest BCUT2D eigenvalue weighted by Gasteiger charge is -2.48. The number of benzene rings is 1. The Morgan fingerprint density at radius 3 is 2.70 bits per heavy atom. The first-order valence-corrected chi connectivity index (χ1v) is 7.25. The zero-order chi connectivity index (χ0) is 14.9. The number of carbonyl (C=O) groups excluding carboxylic acids is 1. The standard InChI is InChI=1S/C14H18Cl2N2O2/c1-9(2)14(20)7-18(8-14)6-13(19)17-12-5-10(15)3-4-11(12)16/h3-5,9,20H,6-8H2,1-2H3,(H,17,19). The molecule has 0 bridgehead atoms. The Kier molecular flexibility index (Phi) is 4.59. The molecular weight excluding hydrogens is 299 g/mol. The summed E-state index contributed by atoms with van der Waals surface area (Å²) < 4.78 is 0. The third kappa shape index (κ3) is 3.44. The van der Waals surface area contributed by atoms with Crippen LogP contribution in [0.2, 0.25) is 10.0 Å². The molecule has 110 valence electrons. The number of carbonyl (C=O) groups is 1. The number of rotatable bonds is 4. The van der Waals surface area contributed by atoms with Crippen LogP contribution in [0.3, 0.4) is 0 Å². The molecule has 0 unspecified atom stereocenters. The van der Waals surface area contributed by atoms with Crippen molar-refractivity contribution < 1.29 is 9.90 Å². The Morgan fingerprint density at radius 2 is 2.10 bits per heavy atom. The van der Waals surface area contributed by atoms with Crippen LogP contribution in [0.15, 0.2) is 18.2 Å². The second-order valence-electron chi connectivity index (χ2n) is 5.58. The number of hydrogen-bond acceptors (Lipinski definition) is 3. The molecule has 6 heteroatoms. The number of nitrogens with one attached hydrogen (secondary N) is 1. The van der Waals surface area contributed by atoms with E-state index in [0.717, 1.165) is 0 Å². The summed E-state index contributed by atoms with van der Waals surface area (Å²) in [7, 11) is 0. The molecule has 0 aromatic heterocycles. The summed E-state index contributed by atoms with van der Waals surface area (Å²) in [5.41, 5.74) is -0.169. The van der Waals surface area contributed by atoms with Gasteiger partial charge in [0, 0.05) is 18.1 Å². The maximum atomic E-state index is 11.9. The first kappa shape index (κ1) is 15.6. The predicted molar refractivity (Wildman–Crippen MR) is 81.3 cm³/mol. The second-order valence-corrected chi connectivity index (χ2v) is 6.42. The van der Waals surface area contributed by atoms with E-state index in [4.69, 9.17) is 23.2 Å². The molecule has 0 radical (unpaired) electrons. The average molecular weight is 317 g/mol. The summed E-state index contributed by atoms with van der Waals surface area (Å²) in [6, 6.07) is 4.92. The van der Waals surface area contributed by atoms with Crippen molar-refractivity contribution in [2.75, 3.05) is 25.0 Å². The SMILES string of the molecule is CC(C)C1(O)CN(CC(=O)Nc2cc(Cl)ccc2Cl)C1. The zero-order valence-corrected chi connectivity index (χ0v) is 13.0. The summed E-state index contributed by atoms with van der Waals surface area (Å²) >= 11 is 11.8. The highest BCUT2D eigenvalue weighted by molar-refractivity contribution is 6.35. The van der Waals surface area contributed by atoms with E-state index < -0.39 is 5.60 Å². The molecule has 0 atom stereocenters. The van der Waals surface area contributed by atoms with E-state index >= 15 is 0 Å². The molecule has 1 aliphatic rings. The fraction of sp³-hybridized carbons (Fsp3) is 0.500. The fourth-order valence-corrected chi connectivity index (χ4v) is 2.53. The van der Waals surface area contributed by atoms with Crippen LogP contribution in [-0.2, 0) is 4.79 Å². The summed E-state index contributed by atoms with van der Waals surface area (Å²) in [6.07, 6.45) is 0. The molecule has 4 nitrogen and oxygen atoms in total. The van der Waals surface area contributed by atoms with Gasteiger partial charge in [-0.25, -0.2) is 0 Å². The molecule has 0 aliphatic carbocycles. The van der Waals surface area contributed by atoms with Gasteiger partial charge in [-0.3, -0.25) is 9.69 Å². The van der Waals surface area contributed by atoms with Gasteiger partial charge in [-0.15, -0.1) is 0 Å².